The Bertz CT molecular complexity index is 519. The molecule has 1 fully saturated rings. The maximum Gasteiger partial charge on any atom is 0.338 e. The number of hydrogen-bond acceptors (Lipinski definition) is 7. The number of piperazine rings is 1. The predicted octanol–water partition coefficient (Wildman–Crippen LogP) is 1.16. The van der Waals surface area contributed by atoms with Gasteiger partial charge in [0, 0.05) is 32.7 Å². The predicted molar refractivity (Wildman–Crippen MR) is 90.3 cm³/mol. The number of benzene rings is 1. The number of hydrogen-bond donors (Lipinski definition) is 1. The molecule has 0 saturated carbocycles. The van der Waals surface area contributed by atoms with E-state index in [1.165, 1.54) is 21.3 Å². The molecule has 0 spiro atoms. The van der Waals surface area contributed by atoms with Crippen molar-refractivity contribution >= 4 is 5.97 Å². The topological polar surface area (TPSA) is 69.3 Å². The molecule has 0 radical (unpaired) electrons. The van der Waals surface area contributed by atoms with Crippen molar-refractivity contribution < 1.29 is 23.7 Å². The van der Waals surface area contributed by atoms with Crippen LogP contribution in [0.1, 0.15) is 16.8 Å². The summed E-state index contributed by atoms with van der Waals surface area (Å²) in [5.41, 5.74) is 0.381. The van der Waals surface area contributed by atoms with E-state index in [-0.39, 0.29) is 0 Å². The van der Waals surface area contributed by atoms with Gasteiger partial charge in [-0.2, -0.15) is 0 Å². The van der Waals surface area contributed by atoms with Crippen LogP contribution in [-0.2, 0) is 4.74 Å². The van der Waals surface area contributed by atoms with Crippen LogP contribution >= 0.6 is 0 Å². The van der Waals surface area contributed by atoms with Crippen molar-refractivity contribution in [3.63, 3.8) is 0 Å². The highest BCUT2D eigenvalue weighted by Gasteiger charge is 2.18. The van der Waals surface area contributed by atoms with Gasteiger partial charge >= 0.3 is 5.97 Å². The highest BCUT2D eigenvalue weighted by Crippen LogP contribution is 2.38. The van der Waals surface area contributed by atoms with Gasteiger partial charge < -0.3 is 29.2 Å². The van der Waals surface area contributed by atoms with Crippen LogP contribution in [0.3, 0.4) is 0 Å². The van der Waals surface area contributed by atoms with Gasteiger partial charge in [0.1, 0.15) is 0 Å². The Hall–Kier alpha value is -1.99. The van der Waals surface area contributed by atoms with Crippen molar-refractivity contribution in [2.75, 3.05) is 60.7 Å². The summed E-state index contributed by atoms with van der Waals surface area (Å²) in [6, 6.07) is 3.19. The number of carbonyl (C=O) groups excluding carboxylic acids is 1. The fourth-order valence-electron chi connectivity index (χ4n) is 2.67. The second-order valence-electron chi connectivity index (χ2n) is 5.50. The van der Waals surface area contributed by atoms with Crippen LogP contribution in [0.2, 0.25) is 0 Å². The minimum atomic E-state index is -0.394. The Morgan fingerprint density at radius 2 is 1.71 bits per heavy atom. The Labute approximate surface area is 142 Å². The maximum absolute atomic E-state index is 12.2. The molecule has 0 unspecified atom stereocenters. The fourth-order valence-corrected chi connectivity index (χ4v) is 2.67. The van der Waals surface area contributed by atoms with Crippen LogP contribution in [-0.4, -0.2) is 71.5 Å². The molecule has 0 aliphatic carbocycles. The third-order valence-corrected chi connectivity index (χ3v) is 3.96. The molecule has 7 nitrogen and oxygen atoms in total. The first-order chi connectivity index (χ1) is 11.7. The van der Waals surface area contributed by atoms with Gasteiger partial charge in [-0.3, -0.25) is 0 Å². The average molecular weight is 338 g/mol. The fraction of sp³-hybridized carbons (Fsp3) is 0.588. The Morgan fingerprint density at radius 3 is 2.25 bits per heavy atom. The molecule has 1 aliphatic rings. The molecule has 0 atom stereocenters. The van der Waals surface area contributed by atoms with Crippen LogP contribution in [0.15, 0.2) is 12.1 Å². The zero-order chi connectivity index (χ0) is 17.4. The van der Waals surface area contributed by atoms with Crippen LogP contribution in [0.25, 0.3) is 0 Å². The van der Waals surface area contributed by atoms with Crippen molar-refractivity contribution in [1.29, 1.82) is 0 Å². The second kappa shape index (κ2) is 9.34. The molecule has 1 N–H and O–H groups in total. The lowest BCUT2D eigenvalue weighted by molar-refractivity contribution is 0.0485. The highest BCUT2D eigenvalue weighted by atomic mass is 16.5. The summed E-state index contributed by atoms with van der Waals surface area (Å²) in [5.74, 6) is 0.930. The first-order valence-electron chi connectivity index (χ1n) is 8.09. The van der Waals surface area contributed by atoms with Crippen LogP contribution in [0, 0.1) is 0 Å². The average Bonchev–Trinajstić information content (AvgIpc) is 2.64. The van der Waals surface area contributed by atoms with Gasteiger partial charge in [-0.1, -0.05) is 0 Å². The van der Waals surface area contributed by atoms with Gasteiger partial charge in [0.05, 0.1) is 33.5 Å². The summed E-state index contributed by atoms with van der Waals surface area (Å²) in [6.07, 6.45) is 0.816. The van der Waals surface area contributed by atoms with E-state index in [0.29, 0.717) is 29.4 Å². The molecule has 24 heavy (non-hydrogen) atoms. The lowest BCUT2D eigenvalue weighted by atomic mass is 10.2. The van der Waals surface area contributed by atoms with Gasteiger partial charge in [0.25, 0.3) is 0 Å². The summed E-state index contributed by atoms with van der Waals surface area (Å²) in [6.45, 7) is 5.45. The van der Waals surface area contributed by atoms with Gasteiger partial charge in [0.2, 0.25) is 5.75 Å². The maximum atomic E-state index is 12.2. The van der Waals surface area contributed by atoms with Crippen molar-refractivity contribution in [3.8, 4) is 17.2 Å². The SMILES string of the molecule is COc1cc(C(=O)OCCCN2CCNCC2)cc(OC)c1OC. The lowest BCUT2D eigenvalue weighted by Gasteiger charge is -2.26. The smallest absolute Gasteiger partial charge is 0.338 e. The van der Waals surface area contributed by atoms with Crippen LogP contribution < -0.4 is 19.5 Å². The molecule has 1 saturated heterocycles. The Balaban J connectivity index is 1.89. The summed E-state index contributed by atoms with van der Waals surface area (Å²) in [7, 11) is 4.55. The van der Waals surface area contributed by atoms with E-state index in [9.17, 15) is 4.79 Å². The van der Waals surface area contributed by atoms with Crippen molar-refractivity contribution in [3.05, 3.63) is 17.7 Å². The molecule has 0 amide bonds. The summed E-state index contributed by atoms with van der Waals surface area (Å²) in [5, 5.41) is 3.31. The number of carbonyl (C=O) groups is 1. The van der Waals surface area contributed by atoms with Crippen LogP contribution in [0.4, 0.5) is 0 Å². The largest absolute Gasteiger partial charge is 0.493 e. The van der Waals surface area contributed by atoms with Gasteiger partial charge in [-0.25, -0.2) is 4.79 Å². The standard InChI is InChI=1S/C17H26N2O5/c1-21-14-11-13(12-15(22-2)16(14)23-3)17(20)24-10-4-7-19-8-5-18-6-9-19/h11-12,18H,4-10H2,1-3H3. The third kappa shape index (κ3) is 4.75. The molecular formula is C17H26N2O5. The van der Waals surface area contributed by atoms with E-state index >= 15 is 0 Å². The van der Waals surface area contributed by atoms with Crippen molar-refractivity contribution in [1.82, 2.24) is 10.2 Å². The lowest BCUT2D eigenvalue weighted by Crippen LogP contribution is -2.43. The van der Waals surface area contributed by atoms with Crippen molar-refractivity contribution in [2.24, 2.45) is 0 Å². The Kier molecular flexibility index (Phi) is 7.14. The molecule has 0 aromatic heterocycles. The minimum absolute atomic E-state index is 0.381. The van der Waals surface area contributed by atoms with E-state index < -0.39 is 5.97 Å². The molecule has 1 heterocycles. The molecule has 0 bridgehead atoms. The summed E-state index contributed by atoms with van der Waals surface area (Å²) >= 11 is 0. The van der Waals surface area contributed by atoms with Crippen molar-refractivity contribution in [2.45, 2.75) is 6.42 Å². The summed E-state index contributed by atoms with van der Waals surface area (Å²) in [4.78, 5) is 14.6. The molecule has 1 aliphatic heterocycles. The molecule has 1 aromatic carbocycles. The highest BCUT2D eigenvalue weighted by molar-refractivity contribution is 5.91. The van der Waals surface area contributed by atoms with Gasteiger partial charge in [-0.05, 0) is 18.6 Å². The van der Waals surface area contributed by atoms with Gasteiger partial charge in [0.15, 0.2) is 11.5 Å². The Morgan fingerprint density at radius 1 is 1.08 bits per heavy atom. The second-order valence-corrected chi connectivity index (χ2v) is 5.50. The third-order valence-electron chi connectivity index (χ3n) is 3.96. The van der Waals surface area contributed by atoms with E-state index in [1.807, 2.05) is 0 Å². The summed E-state index contributed by atoms with van der Waals surface area (Å²) < 4.78 is 21.1. The number of methoxy groups -OCH3 is 3. The minimum Gasteiger partial charge on any atom is -0.493 e. The number of ether oxygens (including phenoxy) is 4. The zero-order valence-corrected chi connectivity index (χ0v) is 14.6. The number of esters is 1. The number of nitrogens with one attached hydrogen (secondary N) is 1. The molecule has 2 rings (SSSR count). The van der Waals surface area contributed by atoms with Crippen LogP contribution in [0.5, 0.6) is 17.2 Å². The molecule has 7 heteroatoms. The van der Waals surface area contributed by atoms with E-state index in [4.69, 9.17) is 18.9 Å². The molecule has 134 valence electrons. The first-order valence-corrected chi connectivity index (χ1v) is 8.09. The first kappa shape index (κ1) is 18.4. The van der Waals surface area contributed by atoms with Gasteiger partial charge in [-0.15, -0.1) is 0 Å². The van der Waals surface area contributed by atoms with E-state index in [2.05, 4.69) is 10.2 Å². The molecule has 1 aromatic rings. The molecular weight excluding hydrogens is 312 g/mol. The number of rotatable bonds is 8. The van der Waals surface area contributed by atoms with E-state index in [1.54, 1.807) is 12.1 Å². The van der Waals surface area contributed by atoms with E-state index in [0.717, 1.165) is 39.1 Å². The monoisotopic (exact) mass is 338 g/mol. The quantitative estimate of drug-likeness (QED) is 0.563. The zero-order valence-electron chi connectivity index (χ0n) is 14.6. The normalized spacial score (nSPS) is 15.0. The number of nitrogens with zero attached hydrogens (tertiary/aromatic N) is 1.